The molecule has 7 atom stereocenters. The topological polar surface area (TPSA) is 148 Å². The fraction of sp³-hybridized carbons (Fsp3) is 0.565. The molecule has 11 nitrogen and oxygen atoms in total. The number of hydrogen-bond acceptors (Lipinski definition) is 8. The molecular weight excluding hydrogens is 434 g/mol. The van der Waals surface area contributed by atoms with Gasteiger partial charge in [-0.2, -0.15) is 10.5 Å². The lowest BCUT2D eigenvalue weighted by Gasteiger charge is -2.38. The SMILES string of the molecule is C[C@@H](c1cccc(-c2nn[nH]n2)c1)N1C(=O)[C@@H]2C[C@H]1CN2C[C@H](N)C(=O)N1C2C[C@H]2C[C@H]1C#N. The second-order valence-corrected chi connectivity index (χ2v) is 9.94. The van der Waals surface area contributed by atoms with Gasteiger partial charge in [0.25, 0.3) is 0 Å². The summed E-state index contributed by atoms with van der Waals surface area (Å²) in [6, 6.07) is 8.92. The summed E-state index contributed by atoms with van der Waals surface area (Å²) < 4.78 is 0. The van der Waals surface area contributed by atoms with Crippen LogP contribution in [0.1, 0.15) is 37.8 Å². The Morgan fingerprint density at radius 2 is 2.21 bits per heavy atom. The molecule has 0 spiro atoms. The molecule has 4 aliphatic rings. The minimum Gasteiger partial charge on any atom is -0.330 e. The van der Waals surface area contributed by atoms with Crippen molar-refractivity contribution < 1.29 is 9.59 Å². The van der Waals surface area contributed by atoms with Crippen molar-refractivity contribution in [3.05, 3.63) is 29.8 Å². The Balaban J connectivity index is 1.12. The van der Waals surface area contributed by atoms with Gasteiger partial charge in [0, 0.05) is 30.7 Å². The minimum absolute atomic E-state index is 0.0756. The van der Waals surface area contributed by atoms with Crippen molar-refractivity contribution >= 4 is 11.8 Å². The highest BCUT2D eigenvalue weighted by atomic mass is 16.2. The van der Waals surface area contributed by atoms with Gasteiger partial charge < -0.3 is 15.5 Å². The Morgan fingerprint density at radius 1 is 1.35 bits per heavy atom. The predicted molar refractivity (Wildman–Crippen MR) is 119 cm³/mol. The Kier molecular flexibility index (Phi) is 4.89. The molecule has 1 aromatic carbocycles. The number of carbonyl (C=O) groups excluding carboxylic acids is 2. The van der Waals surface area contributed by atoms with Crippen LogP contribution in [-0.2, 0) is 9.59 Å². The van der Waals surface area contributed by atoms with Gasteiger partial charge in [0.15, 0.2) is 0 Å². The Labute approximate surface area is 196 Å². The summed E-state index contributed by atoms with van der Waals surface area (Å²) in [5.74, 6) is 0.892. The lowest BCUT2D eigenvalue weighted by atomic mass is 10.0. The Morgan fingerprint density at radius 3 is 2.94 bits per heavy atom. The van der Waals surface area contributed by atoms with Crippen LogP contribution in [0.25, 0.3) is 11.4 Å². The van der Waals surface area contributed by atoms with E-state index >= 15 is 0 Å². The molecular formula is C23H27N9O2. The standard InChI is InChI=1S/C23H27N9O2/c1-12(13-3-2-4-14(5-13)21-26-28-29-27-21)31-17-8-20(23(31)34)30(10-17)11-18(25)22(33)32-16(9-24)6-15-7-19(15)32/h2-5,12,15-20H,6-8,10-11,25H2,1H3,(H,26,27,28,29)/t12-,15+,16-,17-,18-,19?,20-/m0/s1. The first kappa shape index (κ1) is 21.2. The van der Waals surface area contributed by atoms with Crippen LogP contribution in [0.2, 0.25) is 0 Å². The third-order valence-corrected chi connectivity index (χ3v) is 7.96. The predicted octanol–water partition coefficient (Wildman–Crippen LogP) is 0.0531. The number of tetrazole rings is 1. The van der Waals surface area contributed by atoms with Crippen LogP contribution in [-0.4, -0.2) is 90.4 Å². The summed E-state index contributed by atoms with van der Waals surface area (Å²) >= 11 is 0. The van der Waals surface area contributed by atoms with E-state index in [-0.39, 0.29) is 42.0 Å². The lowest BCUT2D eigenvalue weighted by Crippen LogP contribution is -2.57. The fourth-order valence-corrected chi connectivity index (χ4v) is 6.19. The van der Waals surface area contributed by atoms with Crippen LogP contribution in [0, 0.1) is 17.2 Å². The van der Waals surface area contributed by atoms with Gasteiger partial charge in [0.05, 0.1) is 24.2 Å². The number of fused-ring (bicyclic) bond motifs is 3. The average molecular weight is 462 g/mol. The summed E-state index contributed by atoms with van der Waals surface area (Å²) in [6.07, 6.45) is 2.47. The van der Waals surface area contributed by atoms with Crippen molar-refractivity contribution in [3.63, 3.8) is 0 Å². The zero-order chi connectivity index (χ0) is 23.6. The van der Waals surface area contributed by atoms with E-state index in [1.165, 1.54) is 0 Å². The molecule has 2 amide bonds. The van der Waals surface area contributed by atoms with Gasteiger partial charge in [-0.05, 0) is 48.9 Å². The van der Waals surface area contributed by atoms with Gasteiger partial charge in [-0.1, -0.05) is 18.2 Å². The number of nitrogens with zero attached hydrogens (tertiary/aromatic N) is 7. The van der Waals surface area contributed by atoms with Gasteiger partial charge in [-0.15, -0.1) is 10.2 Å². The van der Waals surface area contributed by atoms with Crippen molar-refractivity contribution in [1.29, 1.82) is 5.26 Å². The van der Waals surface area contributed by atoms with Crippen LogP contribution < -0.4 is 5.73 Å². The molecule has 11 heteroatoms. The number of carbonyl (C=O) groups is 2. The Hall–Kier alpha value is -3.36. The van der Waals surface area contributed by atoms with Crippen LogP contribution in [0.15, 0.2) is 24.3 Å². The van der Waals surface area contributed by atoms with Crippen molar-refractivity contribution in [2.24, 2.45) is 11.7 Å². The van der Waals surface area contributed by atoms with Crippen molar-refractivity contribution in [2.75, 3.05) is 13.1 Å². The summed E-state index contributed by atoms with van der Waals surface area (Å²) in [5, 5.41) is 23.6. The molecule has 3 saturated heterocycles. The first-order chi connectivity index (χ1) is 16.5. The van der Waals surface area contributed by atoms with Gasteiger partial charge in [0.1, 0.15) is 6.04 Å². The molecule has 3 aliphatic heterocycles. The third-order valence-electron chi connectivity index (χ3n) is 7.96. The summed E-state index contributed by atoms with van der Waals surface area (Å²) in [6.45, 7) is 3.07. The minimum atomic E-state index is -0.722. The van der Waals surface area contributed by atoms with Crippen LogP contribution in [0.5, 0.6) is 0 Å². The monoisotopic (exact) mass is 461 g/mol. The van der Waals surface area contributed by atoms with E-state index in [0.29, 0.717) is 24.8 Å². The molecule has 2 aromatic rings. The number of aromatic amines is 1. The highest BCUT2D eigenvalue weighted by Crippen LogP contribution is 2.48. The van der Waals surface area contributed by atoms with Crippen LogP contribution >= 0.6 is 0 Å². The number of hydrogen-bond donors (Lipinski definition) is 2. The van der Waals surface area contributed by atoms with Gasteiger partial charge >= 0.3 is 0 Å². The average Bonchev–Trinajstić information content (AvgIpc) is 3.28. The zero-order valence-electron chi connectivity index (χ0n) is 18.9. The Bertz CT molecular complexity index is 1160. The second kappa shape index (κ2) is 7.85. The molecule has 4 heterocycles. The number of amides is 2. The van der Waals surface area contributed by atoms with Crippen LogP contribution in [0.3, 0.4) is 0 Å². The molecule has 1 unspecified atom stereocenters. The molecule has 176 valence electrons. The number of piperazine rings is 1. The first-order valence-electron chi connectivity index (χ1n) is 11.8. The van der Waals surface area contributed by atoms with E-state index in [4.69, 9.17) is 5.73 Å². The number of nitrogens with one attached hydrogen (secondary N) is 1. The summed E-state index contributed by atoms with van der Waals surface area (Å²) in [5.41, 5.74) is 8.17. The van der Waals surface area contributed by atoms with E-state index < -0.39 is 6.04 Å². The number of likely N-dealkylation sites (tertiary alicyclic amines) is 3. The number of rotatable bonds is 6. The smallest absolute Gasteiger partial charge is 0.242 e. The van der Waals surface area contributed by atoms with E-state index in [9.17, 15) is 14.9 Å². The largest absolute Gasteiger partial charge is 0.330 e. The molecule has 34 heavy (non-hydrogen) atoms. The zero-order valence-corrected chi connectivity index (χ0v) is 18.9. The maximum absolute atomic E-state index is 13.3. The molecule has 2 bridgehead atoms. The van der Waals surface area contributed by atoms with Gasteiger partial charge in [0.2, 0.25) is 17.6 Å². The lowest BCUT2D eigenvalue weighted by molar-refractivity contribution is -0.141. The van der Waals surface area contributed by atoms with Gasteiger partial charge in [-0.3, -0.25) is 14.5 Å². The second-order valence-electron chi connectivity index (χ2n) is 9.94. The number of aromatic nitrogens is 4. The van der Waals surface area contributed by atoms with E-state index in [2.05, 4.69) is 31.6 Å². The van der Waals surface area contributed by atoms with Crippen molar-refractivity contribution in [2.45, 2.75) is 62.4 Å². The molecule has 4 fully saturated rings. The summed E-state index contributed by atoms with van der Waals surface area (Å²) in [7, 11) is 0. The normalized spacial score (nSPS) is 31.4. The third kappa shape index (κ3) is 3.28. The van der Waals surface area contributed by atoms with Crippen molar-refractivity contribution in [3.8, 4) is 17.5 Å². The fourth-order valence-electron chi connectivity index (χ4n) is 6.19. The molecule has 6 rings (SSSR count). The van der Waals surface area contributed by atoms with Gasteiger partial charge in [-0.25, -0.2) is 0 Å². The molecule has 3 N–H and O–H groups in total. The number of nitrogens with two attached hydrogens (primary N) is 1. The highest BCUT2D eigenvalue weighted by molar-refractivity contribution is 5.87. The highest BCUT2D eigenvalue weighted by Gasteiger charge is 2.56. The number of benzene rings is 1. The molecule has 1 aromatic heterocycles. The van der Waals surface area contributed by atoms with Crippen molar-refractivity contribution in [1.82, 2.24) is 35.3 Å². The number of nitriles is 1. The first-order valence-corrected chi connectivity index (χ1v) is 11.8. The quantitative estimate of drug-likeness (QED) is 0.613. The van der Waals surface area contributed by atoms with Crippen LogP contribution in [0.4, 0.5) is 0 Å². The van der Waals surface area contributed by atoms with E-state index in [0.717, 1.165) is 30.4 Å². The maximum Gasteiger partial charge on any atom is 0.242 e. The maximum atomic E-state index is 13.3. The summed E-state index contributed by atoms with van der Waals surface area (Å²) in [4.78, 5) is 32.1. The van der Waals surface area contributed by atoms with E-state index in [1.54, 1.807) is 4.90 Å². The molecule has 1 saturated carbocycles. The number of H-pyrrole nitrogens is 1. The molecule has 0 radical (unpaired) electrons. The molecule has 1 aliphatic carbocycles. The van der Waals surface area contributed by atoms with E-state index in [1.807, 2.05) is 36.1 Å². The number of piperidine rings is 1.